The van der Waals surface area contributed by atoms with Gasteiger partial charge < -0.3 is 9.73 Å². The normalized spacial score (nSPS) is 25.2. The molecule has 2 nitrogen and oxygen atoms in total. The van der Waals surface area contributed by atoms with Gasteiger partial charge in [0.05, 0.1) is 6.04 Å². The first-order chi connectivity index (χ1) is 8.36. The highest BCUT2D eigenvalue weighted by Gasteiger charge is 2.23. The molecule has 2 unspecified atom stereocenters. The molecule has 1 aromatic heterocycles. The summed E-state index contributed by atoms with van der Waals surface area (Å²) in [6.07, 6.45) is 1.18. The predicted molar refractivity (Wildman–Crippen MR) is 73.5 cm³/mol. The Kier molecular flexibility index (Phi) is 3.12. The third kappa shape index (κ3) is 2.22. The van der Waals surface area contributed by atoms with Crippen LogP contribution in [0.5, 0.6) is 0 Å². The number of furan rings is 1. The number of benzene rings is 1. The van der Waals surface area contributed by atoms with Crippen molar-refractivity contribution in [3.05, 3.63) is 36.1 Å². The van der Waals surface area contributed by atoms with Crippen molar-refractivity contribution in [3.63, 3.8) is 0 Å². The molecule has 2 heterocycles. The van der Waals surface area contributed by atoms with Crippen LogP contribution in [-0.2, 0) is 0 Å². The molecule has 2 atom stereocenters. The third-order valence-corrected chi connectivity index (χ3v) is 4.53. The van der Waals surface area contributed by atoms with Gasteiger partial charge in [-0.2, -0.15) is 11.8 Å². The van der Waals surface area contributed by atoms with Gasteiger partial charge in [-0.25, -0.2) is 0 Å². The summed E-state index contributed by atoms with van der Waals surface area (Å²) >= 11 is 2.02. The Morgan fingerprint density at radius 1 is 1.35 bits per heavy atom. The number of hydrogen-bond acceptors (Lipinski definition) is 3. The highest BCUT2D eigenvalue weighted by molar-refractivity contribution is 7.99. The lowest BCUT2D eigenvalue weighted by molar-refractivity contribution is 0.404. The van der Waals surface area contributed by atoms with E-state index in [0.29, 0.717) is 12.1 Å². The molecule has 1 aliphatic heterocycles. The molecule has 1 N–H and O–H groups in total. The Bertz CT molecular complexity index is 475. The van der Waals surface area contributed by atoms with E-state index in [1.165, 1.54) is 17.6 Å². The highest BCUT2D eigenvalue weighted by Crippen LogP contribution is 2.29. The molecule has 0 aliphatic carbocycles. The summed E-state index contributed by atoms with van der Waals surface area (Å²) in [5.41, 5.74) is 0.993. The monoisotopic (exact) mass is 247 g/mol. The molecule has 0 spiro atoms. The minimum absolute atomic E-state index is 0.367. The van der Waals surface area contributed by atoms with E-state index in [-0.39, 0.29) is 0 Å². The van der Waals surface area contributed by atoms with Crippen LogP contribution in [0.25, 0.3) is 11.0 Å². The van der Waals surface area contributed by atoms with Crippen molar-refractivity contribution < 1.29 is 4.42 Å². The molecular formula is C14H17NOS. The summed E-state index contributed by atoms with van der Waals surface area (Å²) in [6, 6.07) is 11.4. The van der Waals surface area contributed by atoms with E-state index >= 15 is 0 Å². The Hall–Kier alpha value is -0.930. The molecule has 90 valence electrons. The van der Waals surface area contributed by atoms with Gasteiger partial charge in [0.1, 0.15) is 11.3 Å². The molecule has 1 aromatic carbocycles. The molecule has 1 aliphatic rings. The van der Waals surface area contributed by atoms with E-state index in [1.807, 2.05) is 23.9 Å². The number of para-hydroxylation sites is 1. The first kappa shape index (κ1) is 11.2. The smallest absolute Gasteiger partial charge is 0.134 e. The second-order valence-electron chi connectivity index (χ2n) is 4.55. The summed E-state index contributed by atoms with van der Waals surface area (Å²) in [5.74, 6) is 3.40. The Labute approximate surface area is 106 Å². The van der Waals surface area contributed by atoms with Crippen molar-refractivity contribution in [2.24, 2.45) is 0 Å². The van der Waals surface area contributed by atoms with Crippen LogP contribution >= 0.6 is 11.8 Å². The van der Waals surface area contributed by atoms with E-state index in [2.05, 4.69) is 30.4 Å². The lowest BCUT2D eigenvalue weighted by Crippen LogP contribution is -2.39. The zero-order valence-corrected chi connectivity index (χ0v) is 10.8. The van der Waals surface area contributed by atoms with Gasteiger partial charge in [0, 0.05) is 22.9 Å². The largest absolute Gasteiger partial charge is 0.459 e. The van der Waals surface area contributed by atoms with Crippen molar-refractivity contribution in [3.8, 4) is 0 Å². The lowest BCUT2D eigenvalue weighted by atomic mass is 10.1. The fourth-order valence-electron chi connectivity index (χ4n) is 2.28. The molecule has 17 heavy (non-hydrogen) atoms. The second kappa shape index (κ2) is 4.75. The zero-order valence-electron chi connectivity index (χ0n) is 9.98. The predicted octanol–water partition coefficient (Wildman–Crippen LogP) is 3.59. The average molecular weight is 247 g/mol. The molecule has 3 rings (SSSR count). The topological polar surface area (TPSA) is 25.2 Å². The molecule has 3 heteroatoms. The highest BCUT2D eigenvalue weighted by atomic mass is 32.2. The lowest BCUT2D eigenvalue weighted by Gasteiger charge is -2.28. The van der Waals surface area contributed by atoms with E-state index in [0.717, 1.165) is 17.1 Å². The van der Waals surface area contributed by atoms with Crippen molar-refractivity contribution in [1.29, 1.82) is 0 Å². The molecule has 1 saturated heterocycles. The van der Waals surface area contributed by atoms with E-state index in [1.54, 1.807) is 0 Å². The molecule has 0 bridgehead atoms. The maximum absolute atomic E-state index is 5.92. The molecule has 0 amide bonds. The summed E-state index contributed by atoms with van der Waals surface area (Å²) in [7, 11) is 0. The van der Waals surface area contributed by atoms with Crippen LogP contribution in [-0.4, -0.2) is 17.5 Å². The van der Waals surface area contributed by atoms with Crippen LogP contribution in [0.1, 0.15) is 25.1 Å². The number of hydrogen-bond donors (Lipinski definition) is 1. The summed E-state index contributed by atoms with van der Waals surface area (Å²) < 4.78 is 5.92. The van der Waals surface area contributed by atoms with Crippen molar-refractivity contribution >= 4 is 22.7 Å². The first-order valence-electron chi connectivity index (χ1n) is 6.19. The molecule has 1 fully saturated rings. The van der Waals surface area contributed by atoms with E-state index < -0.39 is 0 Å². The van der Waals surface area contributed by atoms with Gasteiger partial charge in [0.25, 0.3) is 0 Å². The first-order valence-corrected chi connectivity index (χ1v) is 7.34. The average Bonchev–Trinajstić information content (AvgIpc) is 2.82. The minimum Gasteiger partial charge on any atom is -0.459 e. The van der Waals surface area contributed by atoms with E-state index in [4.69, 9.17) is 4.42 Å². The molecule has 2 aromatic rings. The summed E-state index contributed by atoms with van der Waals surface area (Å²) in [4.78, 5) is 0. The Morgan fingerprint density at radius 3 is 3.06 bits per heavy atom. The van der Waals surface area contributed by atoms with Gasteiger partial charge in [-0.1, -0.05) is 25.1 Å². The van der Waals surface area contributed by atoms with Crippen LogP contribution in [0.4, 0.5) is 0 Å². The van der Waals surface area contributed by atoms with Crippen LogP contribution in [0.2, 0.25) is 0 Å². The van der Waals surface area contributed by atoms with Crippen LogP contribution in [0.15, 0.2) is 34.7 Å². The van der Waals surface area contributed by atoms with Gasteiger partial charge in [-0.15, -0.1) is 0 Å². The maximum atomic E-state index is 5.92. The number of nitrogens with one attached hydrogen (secondary N) is 1. The Morgan fingerprint density at radius 2 is 2.24 bits per heavy atom. The maximum Gasteiger partial charge on any atom is 0.134 e. The molecular weight excluding hydrogens is 230 g/mol. The quantitative estimate of drug-likeness (QED) is 0.878. The summed E-state index contributed by atoms with van der Waals surface area (Å²) in [6.45, 7) is 2.24. The SMILES string of the molecule is CCC1CSCC(c2cc3ccccc3o2)N1. The van der Waals surface area contributed by atoms with Gasteiger partial charge in [0.2, 0.25) is 0 Å². The zero-order chi connectivity index (χ0) is 11.7. The van der Waals surface area contributed by atoms with Gasteiger partial charge in [-0.3, -0.25) is 0 Å². The standard InChI is InChI=1S/C14H17NOS/c1-2-11-8-17-9-12(15-11)14-7-10-5-3-4-6-13(10)16-14/h3-7,11-12,15H,2,8-9H2,1H3. The van der Waals surface area contributed by atoms with Crippen molar-refractivity contribution in [2.45, 2.75) is 25.4 Å². The van der Waals surface area contributed by atoms with Crippen LogP contribution in [0, 0.1) is 0 Å². The van der Waals surface area contributed by atoms with Gasteiger partial charge >= 0.3 is 0 Å². The fraction of sp³-hybridized carbons (Fsp3) is 0.429. The van der Waals surface area contributed by atoms with E-state index in [9.17, 15) is 0 Å². The molecule has 0 radical (unpaired) electrons. The summed E-state index contributed by atoms with van der Waals surface area (Å²) in [5, 5.41) is 4.87. The third-order valence-electron chi connectivity index (χ3n) is 3.32. The van der Waals surface area contributed by atoms with Crippen molar-refractivity contribution in [1.82, 2.24) is 5.32 Å². The number of rotatable bonds is 2. The number of thioether (sulfide) groups is 1. The molecule has 0 saturated carbocycles. The second-order valence-corrected chi connectivity index (χ2v) is 5.62. The fourth-order valence-corrected chi connectivity index (χ4v) is 3.53. The minimum atomic E-state index is 0.367. The van der Waals surface area contributed by atoms with Crippen molar-refractivity contribution in [2.75, 3.05) is 11.5 Å². The van der Waals surface area contributed by atoms with Gasteiger partial charge in [0.15, 0.2) is 0 Å². The van der Waals surface area contributed by atoms with Gasteiger partial charge in [-0.05, 0) is 18.6 Å². The van der Waals surface area contributed by atoms with Crippen LogP contribution in [0.3, 0.4) is 0 Å². The van der Waals surface area contributed by atoms with Crippen LogP contribution < -0.4 is 5.32 Å². The number of fused-ring (bicyclic) bond motifs is 1. The Balaban J connectivity index is 1.87.